The van der Waals surface area contributed by atoms with Gasteiger partial charge in [0.05, 0.1) is 24.9 Å². The average molecular weight is 259 g/mol. The van der Waals surface area contributed by atoms with Gasteiger partial charge in [0, 0.05) is 18.1 Å². The third-order valence-electron chi connectivity index (χ3n) is 4.03. The Bertz CT molecular complexity index is 262. The number of hydrogen-bond acceptors (Lipinski definition) is 4. The molecular weight excluding hydrogens is 230 g/mol. The smallest absolute Gasteiger partial charge is 0.0656 e. The molecule has 0 amide bonds. The Morgan fingerprint density at radius 2 is 1.89 bits per heavy atom. The third-order valence-corrected chi connectivity index (χ3v) is 4.03. The van der Waals surface area contributed by atoms with Crippen molar-refractivity contribution in [2.75, 3.05) is 19.8 Å². The Kier molecular flexibility index (Phi) is 5.18. The molecule has 0 aliphatic heterocycles. The van der Waals surface area contributed by atoms with Crippen molar-refractivity contribution in [2.45, 2.75) is 58.7 Å². The molecule has 1 fully saturated rings. The zero-order valence-electron chi connectivity index (χ0n) is 12.4. The third kappa shape index (κ3) is 3.44. The number of aliphatic hydroxyl groups excluding tert-OH is 2. The summed E-state index contributed by atoms with van der Waals surface area (Å²) < 4.78 is 5.90. The molecule has 4 heteroatoms. The summed E-state index contributed by atoms with van der Waals surface area (Å²) in [5.74, 6) is 0.549. The van der Waals surface area contributed by atoms with Crippen LogP contribution >= 0.6 is 0 Å². The molecule has 18 heavy (non-hydrogen) atoms. The molecule has 1 aliphatic rings. The van der Waals surface area contributed by atoms with Crippen LogP contribution in [0, 0.1) is 11.3 Å². The van der Waals surface area contributed by atoms with Crippen molar-refractivity contribution < 1.29 is 14.9 Å². The van der Waals surface area contributed by atoms with Crippen LogP contribution in [-0.4, -0.2) is 47.7 Å². The van der Waals surface area contributed by atoms with E-state index in [0.29, 0.717) is 5.92 Å². The second kappa shape index (κ2) is 5.87. The lowest BCUT2D eigenvalue weighted by Crippen LogP contribution is -2.67. The molecular formula is C14H29NO3. The van der Waals surface area contributed by atoms with Crippen molar-refractivity contribution in [3.63, 3.8) is 0 Å². The second-order valence-electron chi connectivity index (χ2n) is 6.85. The van der Waals surface area contributed by atoms with Crippen LogP contribution in [0.5, 0.6) is 0 Å². The van der Waals surface area contributed by atoms with E-state index in [1.165, 1.54) is 0 Å². The lowest BCUT2D eigenvalue weighted by molar-refractivity contribution is -0.132. The summed E-state index contributed by atoms with van der Waals surface area (Å²) in [6, 6.07) is 0.277. The van der Waals surface area contributed by atoms with E-state index in [0.717, 1.165) is 13.0 Å². The molecule has 1 rings (SSSR count). The Labute approximate surface area is 111 Å². The van der Waals surface area contributed by atoms with Crippen molar-refractivity contribution in [1.29, 1.82) is 0 Å². The molecule has 0 spiro atoms. The van der Waals surface area contributed by atoms with Crippen molar-refractivity contribution in [1.82, 2.24) is 5.32 Å². The van der Waals surface area contributed by atoms with Crippen molar-refractivity contribution in [3.05, 3.63) is 0 Å². The first-order valence-electron chi connectivity index (χ1n) is 6.86. The normalized spacial score (nSPS) is 27.3. The maximum Gasteiger partial charge on any atom is 0.0656 e. The van der Waals surface area contributed by atoms with Gasteiger partial charge in [-0.05, 0) is 19.3 Å². The Hall–Kier alpha value is -0.160. The predicted molar refractivity (Wildman–Crippen MR) is 72.5 cm³/mol. The summed E-state index contributed by atoms with van der Waals surface area (Å²) in [6.07, 6.45) is 1.20. The molecule has 2 atom stereocenters. The second-order valence-corrected chi connectivity index (χ2v) is 6.85. The van der Waals surface area contributed by atoms with Gasteiger partial charge in [0.15, 0.2) is 0 Å². The number of nitrogens with one attached hydrogen (secondary N) is 1. The van der Waals surface area contributed by atoms with E-state index >= 15 is 0 Å². The van der Waals surface area contributed by atoms with Crippen LogP contribution in [0.3, 0.4) is 0 Å². The van der Waals surface area contributed by atoms with Crippen LogP contribution in [-0.2, 0) is 4.74 Å². The summed E-state index contributed by atoms with van der Waals surface area (Å²) in [5, 5.41) is 22.0. The molecule has 3 N–H and O–H groups in total. The van der Waals surface area contributed by atoms with E-state index in [1.807, 2.05) is 6.92 Å². The molecule has 0 bridgehead atoms. The van der Waals surface area contributed by atoms with Crippen LogP contribution in [0.2, 0.25) is 0 Å². The molecule has 0 aromatic carbocycles. The first-order chi connectivity index (χ1) is 8.25. The maximum atomic E-state index is 9.31. The van der Waals surface area contributed by atoms with Gasteiger partial charge in [0.1, 0.15) is 0 Å². The molecule has 2 unspecified atom stereocenters. The van der Waals surface area contributed by atoms with Gasteiger partial charge in [-0.3, -0.25) is 0 Å². The average Bonchev–Trinajstić information content (AvgIpc) is 2.32. The van der Waals surface area contributed by atoms with E-state index in [9.17, 15) is 10.2 Å². The number of rotatable bonds is 7. The monoisotopic (exact) mass is 259 g/mol. The first-order valence-corrected chi connectivity index (χ1v) is 6.86. The van der Waals surface area contributed by atoms with E-state index in [2.05, 4.69) is 33.0 Å². The zero-order chi connectivity index (χ0) is 14.0. The van der Waals surface area contributed by atoms with Crippen LogP contribution in [0.1, 0.15) is 41.0 Å². The molecule has 0 saturated heterocycles. The largest absolute Gasteiger partial charge is 0.394 e. The molecule has 0 heterocycles. The quantitative estimate of drug-likeness (QED) is 0.642. The Balaban J connectivity index is 2.48. The summed E-state index contributed by atoms with van der Waals surface area (Å²) >= 11 is 0. The van der Waals surface area contributed by atoms with Crippen LogP contribution < -0.4 is 5.32 Å². The highest BCUT2D eigenvalue weighted by Crippen LogP contribution is 2.43. The lowest BCUT2D eigenvalue weighted by Gasteiger charge is -2.54. The number of hydrogen-bond donors (Lipinski definition) is 3. The van der Waals surface area contributed by atoms with Gasteiger partial charge in [-0.2, -0.15) is 0 Å². The maximum absolute atomic E-state index is 9.31. The van der Waals surface area contributed by atoms with E-state index in [1.54, 1.807) is 0 Å². The van der Waals surface area contributed by atoms with Gasteiger partial charge in [-0.1, -0.05) is 27.7 Å². The minimum atomic E-state index is -0.606. The van der Waals surface area contributed by atoms with Crippen molar-refractivity contribution in [2.24, 2.45) is 11.3 Å². The van der Waals surface area contributed by atoms with Crippen molar-refractivity contribution >= 4 is 0 Å². The van der Waals surface area contributed by atoms with Crippen LogP contribution in [0.15, 0.2) is 0 Å². The summed E-state index contributed by atoms with van der Waals surface area (Å²) in [6.45, 7) is 11.2. The van der Waals surface area contributed by atoms with E-state index in [-0.39, 0.29) is 30.8 Å². The summed E-state index contributed by atoms with van der Waals surface area (Å²) in [7, 11) is 0. The fourth-order valence-corrected chi connectivity index (χ4v) is 2.28. The van der Waals surface area contributed by atoms with Crippen molar-refractivity contribution in [3.8, 4) is 0 Å². The van der Waals surface area contributed by atoms with Crippen LogP contribution in [0.25, 0.3) is 0 Å². The molecule has 0 aromatic heterocycles. The van der Waals surface area contributed by atoms with E-state index < -0.39 is 5.54 Å². The predicted octanol–water partition coefficient (Wildman–Crippen LogP) is 1.16. The molecule has 108 valence electrons. The van der Waals surface area contributed by atoms with Gasteiger partial charge in [0.2, 0.25) is 0 Å². The minimum absolute atomic E-state index is 0.0422. The van der Waals surface area contributed by atoms with E-state index in [4.69, 9.17) is 4.74 Å². The van der Waals surface area contributed by atoms with Gasteiger partial charge in [-0.25, -0.2) is 0 Å². The molecule has 1 saturated carbocycles. The van der Waals surface area contributed by atoms with Gasteiger partial charge >= 0.3 is 0 Å². The molecule has 1 aliphatic carbocycles. The van der Waals surface area contributed by atoms with Gasteiger partial charge in [-0.15, -0.1) is 0 Å². The topological polar surface area (TPSA) is 61.7 Å². The fraction of sp³-hybridized carbons (Fsp3) is 1.00. The Morgan fingerprint density at radius 3 is 2.28 bits per heavy atom. The van der Waals surface area contributed by atoms with Crippen LogP contribution in [0.4, 0.5) is 0 Å². The standard InChI is InChI=1S/C14H29NO3/c1-10(2)7-18-12-6-11(13(12,3)4)15-14(5,8-16)9-17/h10-12,15-17H,6-9H2,1-5H3. The SMILES string of the molecule is CC(C)COC1CC(NC(C)(CO)CO)C1(C)C. The fourth-order valence-electron chi connectivity index (χ4n) is 2.28. The van der Waals surface area contributed by atoms with Gasteiger partial charge < -0.3 is 20.3 Å². The highest BCUT2D eigenvalue weighted by Gasteiger charge is 2.50. The minimum Gasteiger partial charge on any atom is -0.394 e. The summed E-state index contributed by atoms with van der Waals surface area (Å²) in [4.78, 5) is 0. The highest BCUT2D eigenvalue weighted by molar-refractivity contribution is 5.05. The first kappa shape index (κ1) is 15.9. The molecule has 0 aromatic rings. The zero-order valence-corrected chi connectivity index (χ0v) is 12.4. The summed E-state index contributed by atoms with van der Waals surface area (Å²) in [5.41, 5.74) is -0.564. The van der Waals surface area contributed by atoms with Gasteiger partial charge in [0.25, 0.3) is 0 Å². The Morgan fingerprint density at radius 1 is 1.33 bits per heavy atom. The number of ether oxygens (including phenoxy) is 1. The lowest BCUT2D eigenvalue weighted by atomic mass is 9.64. The number of aliphatic hydroxyl groups is 2. The highest BCUT2D eigenvalue weighted by atomic mass is 16.5. The molecule has 0 radical (unpaired) electrons. The molecule has 4 nitrogen and oxygen atoms in total.